The quantitative estimate of drug-likeness (QED) is 0.861. The van der Waals surface area contributed by atoms with Gasteiger partial charge < -0.3 is 14.3 Å². The van der Waals surface area contributed by atoms with Crippen LogP contribution in [0.5, 0.6) is 0 Å². The van der Waals surface area contributed by atoms with Gasteiger partial charge in [-0.15, -0.1) is 10.2 Å². The second kappa shape index (κ2) is 5.06. The first-order valence-electron chi connectivity index (χ1n) is 6.18. The molecule has 1 saturated heterocycles. The summed E-state index contributed by atoms with van der Waals surface area (Å²) in [5.41, 5.74) is -0.471. The Morgan fingerprint density at radius 3 is 2.94 bits per heavy atom. The van der Waals surface area contributed by atoms with Crippen molar-refractivity contribution in [2.75, 3.05) is 6.61 Å². The molecular formula is C12H18N2O4. The van der Waals surface area contributed by atoms with Crippen molar-refractivity contribution in [3.8, 4) is 0 Å². The van der Waals surface area contributed by atoms with Crippen LogP contribution in [-0.4, -0.2) is 27.9 Å². The third-order valence-corrected chi connectivity index (χ3v) is 3.18. The molecule has 1 aromatic heterocycles. The zero-order chi connectivity index (χ0) is 13.2. The van der Waals surface area contributed by atoms with Crippen LogP contribution in [0.15, 0.2) is 4.42 Å². The van der Waals surface area contributed by atoms with Gasteiger partial charge in [0.2, 0.25) is 11.8 Å². The summed E-state index contributed by atoms with van der Waals surface area (Å²) in [6, 6.07) is 0. The molecule has 6 nitrogen and oxygen atoms in total. The lowest BCUT2D eigenvalue weighted by molar-refractivity contribution is -0.137. The normalized spacial score (nSPS) is 25.2. The lowest BCUT2D eigenvalue weighted by Crippen LogP contribution is -2.20. The van der Waals surface area contributed by atoms with Crippen molar-refractivity contribution in [3.63, 3.8) is 0 Å². The van der Waals surface area contributed by atoms with Crippen LogP contribution in [0, 0.1) is 5.92 Å². The molecule has 100 valence electrons. The van der Waals surface area contributed by atoms with Crippen LogP contribution >= 0.6 is 0 Å². The topological polar surface area (TPSA) is 85.5 Å². The van der Waals surface area contributed by atoms with Crippen molar-refractivity contribution >= 4 is 5.97 Å². The van der Waals surface area contributed by atoms with Crippen LogP contribution in [0.4, 0.5) is 0 Å². The lowest BCUT2D eigenvalue weighted by Gasteiger charge is -2.17. The minimum Gasteiger partial charge on any atom is -0.481 e. The van der Waals surface area contributed by atoms with Gasteiger partial charge in [0, 0.05) is 19.4 Å². The largest absolute Gasteiger partial charge is 0.481 e. The molecule has 0 aliphatic carbocycles. The Labute approximate surface area is 105 Å². The van der Waals surface area contributed by atoms with Gasteiger partial charge in [-0.05, 0) is 25.7 Å². The summed E-state index contributed by atoms with van der Waals surface area (Å²) >= 11 is 0. The van der Waals surface area contributed by atoms with E-state index in [0.29, 0.717) is 24.8 Å². The van der Waals surface area contributed by atoms with E-state index in [0.717, 1.165) is 12.8 Å². The molecule has 18 heavy (non-hydrogen) atoms. The maximum atomic E-state index is 10.6. The van der Waals surface area contributed by atoms with E-state index >= 15 is 0 Å². The molecule has 2 unspecified atom stereocenters. The summed E-state index contributed by atoms with van der Waals surface area (Å²) in [5.74, 6) is 0.148. The van der Waals surface area contributed by atoms with Crippen LogP contribution in [0.2, 0.25) is 0 Å². The van der Waals surface area contributed by atoms with Crippen molar-refractivity contribution in [1.82, 2.24) is 10.2 Å². The number of hydrogen-bond donors (Lipinski definition) is 1. The maximum Gasteiger partial charge on any atom is 0.303 e. The Balaban J connectivity index is 2.00. The van der Waals surface area contributed by atoms with Gasteiger partial charge in [0.25, 0.3) is 0 Å². The van der Waals surface area contributed by atoms with Crippen molar-refractivity contribution in [2.24, 2.45) is 5.92 Å². The third-order valence-electron chi connectivity index (χ3n) is 3.18. The molecule has 1 aromatic rings. The van der Waals surface area contributed by atoms with Gasteiger partial charge >= 0.3 is 5.97 Å². The molecule has 0 saturated carbocycles. The summed E-state index contributed by atoms with van der Waals surface area (Å²) < 4.78 is 11.2. The molecule has 1 aliphatic heterocycles. The van der Waals surface area contributed by atoms with Crippen LogP contribution < -0.4 is 0 Å². The van der Waals surface area contributed by atoms with E-state index in [1.165, 1.54) is 0 Å². The molecule has 1 fully saturated rings. The average Bonchev–Trinajstić information content (AvgIpc) is 2.86. The van der Waals surface area contributed by atoms with Gasteiger partial charge in [0.15, 0.2) is 0 Å². The predicted molar refractivity (Wildman–Crippen MR) is 62.0 cm³/mol. The zero-order valence-electron chi connectivity index (χ0n) is 10.7. The summed E-state index contributed by atoms with van der Waals surface area (Å²) in [7, 11) is 0. The lowest BCUT2D eigenvalue weighted by atomic mass is 10.0. The molecule has 0 spiro atoms. The second-order valence-corrected chi connectivity index (χ2v) is 5.09. The summed E-state index contributed by atoms with van der Waals surface area (Å²) in [6.07, 6.45) is 2.45. The van der Waals surface area contributed by atoms with Crippen LogP contribution in [0.3, 0.4) is 0 Å². The molecule has 0 aromatic carbocycles. The number of carboxylic acids is 1. The number of carboxylic acid groups (broad SMARTS) is 1. The van der Waals surface area contributed by atoms with Crippen molar-refractivity contribution < 1.29 is 19.1 Å². The number of hydrogen-bond acceptors (Lipinski definition) is 5. The third kappa shape index (κ3) is 2.87. The average molecular weight is 254 g/mol. The molecular weight excluding hydrogens is 236 g/mol. The van der Waals surface area contributed by atoms with Crippen molar-refractivity contribution in [1.29, 1.82) is 0 Å². The van der Waals surface area contributed by atoms with E-state index in [9.17, 15) is 4.79 Å². The van der Waals surface area contributed by atoms with E-state index in [1.807, 2.05) is 13.8 Å². The van der Waals surface area contributed by atoms with E-state index in [2.05, 4.69) is 10.2 Å². The molecule has 0 radical (unpaired) electrons. The van der Waals surface area contributed by atoms with Crippen LogP contribution in [0.25, 0.3) is 0 Å². The highest BCUT2D eigenvalue weighted by Gasteiger charge is 2.37. The van der Waals surface area contributed by atoms with Crippen molar-refractivity contribution in [3.05, 3.63) is 11.8 Å². The number of rotatable bonds is 5. The zero-order valence-corrected chi connectivity index (χ0v) is 10.7. The van der Waals surface area contributed by atoms with E-state index in [4.69, 9.17) is 14.3 Å². The van der Waals surface area contributed by atoms with Crippen molar-refractivity contribution in [2.45, 2.75) is 45.1 Å². The number of aliphatic carboxylic acids is 1. The van der Waals surface area contributed by atoms with E-state index in [1.54, 1.807) is 0 Å². The van der Waals surface area contributed by atoms with Crippen LogP contribution in [0.1, 0.15) is 44.9 Å². The van der Waals surface area contributed by atoms with Gasteiger partial charge in [-0.25, -0.2) is 0 Å². The highest BCUT2D eigenvalue weighted by molar-refractivity contribution is 5.66. The summed E-state index contributed by atoms with van der Waals surface area (Å²) in [4.78, 5) is 10.6. The highest BCUT2D eigenvalue weighted by Crippen LogP contribution is 2.34. The molecule has 2 heterocycles. The Bertz CT molecular complexity index is 423. The molecule has 1 aliphatic rings. The molecule has 6 heteroatoms. The minimum atomic E-state index is -0.812. The van der Waals surface area contributed by atoms with E-state index < -0.39 is 11.6 Å². The summed E-state index contributed by atoms with van der Waals surface area (Å²) in [6.45, 7) is 4.51. The first kappa shape index (κ1) is 13.0. The second-order valence-electron chi connectivity index (χ2n) is 5.09. The SMILES string of the molecule is CC(CC(=O)O)Cc1nnc(C2(C)CCCO2)o1. The smallest absolute Gasteiger partial charge is 0.303 e. The van der Waals surface area contributed by atoms with Gasteiger partial charge in [-0.1, -0.05) is 6.92 Å². The van der Waals surface area contributed by atoms with Gasteiger partial charge in [-0.3, -0.25) is 4.79 Å². The Morgan fingerprint density at radius 1 is 1.56 bits per heavy atom. The fraction of sp³-hybridized carbons (Fsp3) is 0.750. The highest BCUT2D eigenvalue weighted by atomic mass is 16.5. The molecule has 2 rings (SSSR count). The fourth-order valence-electron chi connectivity index (χ4n) is 2.17. The van der Waals surface area contributed by atoms with Gasteiger partial charge in [0.05, 0.1) is 0 Å². The molecule has 1 N–H and O–H groups in total. The Morgan fingerprint density at radius 2 is 2.33 bits per heavy atom. The Hall–Kier alpha value is -1.43. The van der Waals surface area contributed by atoms with Gasteiger partial charge in [-0.2, -0.15) is 0 Å². The number of carbonyl (C=O) groups is 1. The number of aromatic nitrogens is 2. The fourth-order valence-corrected chi connectivity index (χ4v) is 2.17. The summed E-state index contributed by atoms with van der Waals surface area (Å²) in [5, 5.41) is 16.7. The van der Waals surface area contributed by atoms with Crippen LogP contribution in [-0.2, 0) is 21.6 Å². The standard InChI is InChI=1S/C12H18N2O4/c1-8(7-10(15)16)6-9-13-14-11(18-9)12(2)4-3-5-17-12/h8H,3-7H2,1-2H3,(H,15,16). The number of nitrogens with zero attached hydrogens (tertiary/aromatic N) is 2. The molecule has 0 amide bonds. The monoisotopic (exact) mass is 254 g/mol. The number of ether oxygens (including phenoxy) is 1. The van der Waals surface area contributed by atoms with Gasteiger partial charge in [0.1, 0.15) is 5.60 Å². The van der Waals surface area contributed by atoms with E-state index in [-0.39, 0.29) is 12.3 Å². The Kier molecular flexibility index (Phi) is 3.65. The first-order chi connectivity index (χ1) is 8.49. The first-order valence-corrected chi connectivity index (χ1v) is 6.18. The minimum absolute atomic E-state index is 0.0203. The molecule has 0 bridgehead atoms. The predicted octanol–water partition coefficient (Wildman–Crippen LogP) is 1.75. The maximum absolute atomic E-state index is 10.6. The molecule has 2 atom stereocenters.